The van der Waals surface area contributed by atoms with E-state index >= 15 is 0 Å². The molecule has 2 rings (SSSR count). The number of carbonyl (C=O) groups is 2. The number of hydrogen-bond acceptors (Lipinski definition) is 4. The van der Waals surface area contributed by atoms with Gasteiger partial charge in [-0.15, -0.1) is 0 Å². The van der Waals surface area contributed by atoms with Gasteiger partial charge in [0.25, 0.3) is 0 Å². The van der Waals surface area contributed by atoms with Crippen molar-refractivity contribution in [2.75, 3.05) is 25.4 Å². The Morgan fingerprint density at radius 1 is 1.15 bits per heavy atom. The molecule has 7 nitrogen and oxygen atoms in total. The molecule has 8 heteroatoms. The van der Waals surface area contributed by atoms with Gasteiger partial charge in [0, 0.05) is 32.1 Å². The Labute approximate surface area is 161 Å². The number of sulfonamides is 1. The van der Waals surface area contributed by atoms with Crippen molar-refractivity contribution in [3.05, 3.63) is 35.9 Å². The number of nitrogens with zero attached hydrogens (tertiary/aromatic N) is 1. The molecule has 0 saturated carbocycles. The molecule has 0 radical (unpaired) electrons. The van der Waals surface area contributed by atoms with E-state index in [9.17, 15) is 18.0 Å². The van der Waals surface area contributed by atoms with Crippen molar-refractivity contribution in [2.45, 2.75) is 45.1 Å². The number of amides is 2. The van der Waals surface area contributed by atoms with Crippen molar-refractivity contribution in [2.24, 2.45) is 0 Å². The standard InChI is InChI=1S/C19H29N3O4S/c1-2-14-27(25,26)21-17-9-12-22(13-10-17)19(24)8-11-20-18(23)15-16-6-4-3-5-7-16/h3-7,17,21H,2,8-15H2,1H3,(H,20,23). The summed E-state index contributed by atoms with van der Waals surface area (Å²) < 4.78 is 26.4. The van der Waals surface area contributed by atoms with Gasteiger partial charge >= 0.3 is 0 Å². The Balaban J connectivity index is 1.65. The number of nitrogens with one attached hydrogen (secondary N) is 2. The average Bonchev–Trinajstić information content (AvgIpc) is 2.62. The van der Waals surface area contributed by atoms with E-state index in [2.05, 4.69) is 10.0 Å². The predicted octanol–water partition coefficient (Wildman–Crippen LogP) is 1.06. The first-order valence-corrected chi connectivity index (χ1v) is 11.1. The van der Waals surface area contributed by atoms with Crippen LogP contribution in [0.1, 0.15) is 38.2 Å². The van der Waals surface area contributed by atoms with E-state index in [1.165, 1.54) is 0 Å². The fourth-order valence-corrected chi connectivity index (χ4v) is 4.54. The van der Waals surface area contributed by atoms with Crippen LogP contribution < -0.4 is 10.0 Å². The van der Waals surface area contributed by atoms with E-state index < -0.39 is 10.0 Å². The average molecular weight is 396 g/mol. The van der Waals surface area contributed by atoms with Crippen LogP contribution in [0.4, 0.5) is 0 Å². The monoisotopic (exact) mass is 395 g/mol. The normalized spacial score (nSPS) is 15.5. The first-order valence-electron chi connectivity index (χ1n) is 9.48. The molecule has 0 aliphatic carbocycles. The summed E-state index contributed by atoms with van der Waals surface area (Å²) in [5.74, 6) is 0.0253. The zero-order valence-electron chi connectivity index (χ0n) is 15.8. The molecule has 2 N–H and O–H groups in total. The van der Waals surface area contributed by atoms with E-state index in [0.717, 1.165) is 5.56 Å². The number of likely N-dealkylation sites (tertiary alicyclic amines) is 1. The molecule has 2 amide bonds. The van der Waals surface area contributed by atoms with Crippen LogP contribution in [0.15, 0.2) is 30.3 Å². The van der Waals surface area contributed by atoms with Gasteiger partial charge in [-0.05, 0) is 24.8 Å². The Kier molecular flexibility index (Phi) is 8.24. The molecule has 1 aliphatic heterocycles. The fraction of sp³-hybridized carbons (Fsp3) is 0.579. The maximum atomic E-state index is 12.3. The molecule has 1 aromatic rings. The van der Waals surface area contributed by atoms with Gasteiger partial charge in [-0.1, -0.05) is 37.3 Å². The highest BCUT2D eigenvalue weighted by Crippen LogP contribution is 2.12. The molecule has 1 aliphatic rings. The lowest BCUT2D eigenvalue weighted by Crippen LogP contribution is -2.47. The zero-order chi connectivity index (χ0) is 19.7. The molecular weight excluding hydrogens is 366 g/mol. The molecule has 0 atom stereocenters. The number of benzene rings is 1. The number of carbonyl (C=O) groups excluding carboxylic acids is 2. The number of hydrogen-bond donors (Lipinski definition) is 2. The molecule has 1 heterocycles. The van der Waals surface area contributed by atoms with Gasteiger partial charge < -0.3 is 10.2 Å². The van der Waals surface area contributed by atoms with Crippen molar-refractivity contribution < 1.29 is 18.0 Å². The minimum absolute atomic E-state index is 0.00937. The van der Waals surface area contributed by atoms with E-state index in [0.29, 0.717) is 45.3 Å². The maximum absolute atomic E-state index is 12.3. The highest BCUT2D eigenvalue weighted by Gasteiger charge is 2.25. The van der Waals surface area contributed by atoms with Crippen molar-refractivity contribution in [3.8, 4) is 0 Å². The summed E-state index contributed by atoms with van der Waals surface area (Å²) in [5.41, 5.74) is 0.939. The second-order valence-corrected chi connectivity index (χ2v) is 8.73. The van der Waals surface area contributed by atoms with Gasteiger partial charge in [-0.2, -0.15) is 0 Å². The van der Waals surface area contributed by atoms with Gasteiger partial charge in [0.05, 0.1) is 12.2 Å². The first-order chi connectivity index (χ1) is 12.9. The van der Waals surface area contributed by atoms with Crippen LogP contribution in [0.2, 0.25) is 0 Å². The highest BCUT2D eigenvalue weighted by atomic mass is 32.2. The second kappa shape index (κ2) is 10.4. The molecule has 27 heavy (non-hydrogen) atoms. The molecule has 0 spiro atoms. The lowest BCUT2D eigenvalue weighted by Gasteiger charge is -2.32. The third kappa shape index (κ3) is 7.68. The quantitative estimate of drug-likeness (QED) is 0.653. The van der Waals surface area contributed by atoms with Gasteiger partial charge in [0.15, 0.2) is 0 Å². The summed E-state index contributed by atoms with van der Waals surface area (Å²) in [6.45, 7) is 3.22. The topological polar surface area (TPSA) is 95.6 Å². The van der Waals surface area contributed by atoms with E-state index in [-0.39, 0.29) is 30.0 Å². The Bertz CT molecular complexity index is 714. The summed E-state index contributed by atoms with van der Waals surface area (Å²) >= 11 is 0. The van der Waals surface area contributed by atoms with E-state index in [4.69, 9.17) is 0 Å². The summed E-state index contributed by atoms with van der Waals surface area (Å²) in [6, 6.07) is 9.36. The minimum Gasteiger partial charge on any atom is -0.355 e. The van der Waals surface area contributed by atoms with Crippen LogP contribution in [0.5, 0.6) is 0 Å². The second-order valence-electron chi connectivity index (χ2n) is 6.85. The minimum atomic E-state index is -3.22. The van der Waals surface area contributed by atoms with Gasteiger partial charge in [-0.3, -0.25) is 9.59 Å². The van der Waals surface area contributed by atoms with Crippen LogP contribution in [-0.2, 0) is 26.0 Å². The molecule has 150 valence electrons. The number of piperidine rings is 1. The van der Waals surface area contributed by atoms with E-state index in [1.807, 2.05) is 37.3 Å². The number of rotatable bonds is 9. The van der Waals surface area contributed by atoms with Crippen LogP contribution >= 0.6 is 0 Å². The molecule has 1 fully saturated rings. The molecule has 0 aromatic heterocycles. The maximum Gasteiger partial charge on any atom is 0.224 e. The first kappa shape index (κ1) is 21.4. The summed E-state index contributed by atoms with van der Waals surface area (Å²) in [5, 5.41) is 2.78. The lowest BCUT2D eigenvalue weighted by molar-refractivity contribution is -0.132. The molecule has 0 unspecified atom stereocenters. The van der Waals surface area contributed by atoms with Crippen molar-refractivity contribution in [3.63, 3.8) is 0 Å². The van der Waals surface area contributed by atoms with Crippen molar-refractivity contribution in [1.29, 1.82) is 0 Å². The van der Waals surface area contributed by atoms with E-state index in [1.54, 1.807) is 4.90 Å². The SMILES string of the molecule is CCCS(=O)(=O)NC1CCN(C(=O)CCNC(=O)Cc2ccccc2)CC1. The highest BCUT2D eigenvalue weighted by molar-refractivity contribution is 7.89. The summed E-state index contributed by atoms with van der Waals surface area (Å²) in [6.07, 6.45) is 2.39. The smallest absolute Gasteiger partial charge is 0.224 e. The third-order valence-electron chi connectivity index (χ3n) is 4.54. The molecular formula is C19H29N3O4S. The van der Waals surface area contributed by atoms with Crippen LogP contribution in [0.25, 0.3) is 0 Å². The zero-order valence-corrected chi connectivity index (χ0v) is 16.6. The van der Waals surface area contributed by atoms with Crippen molar-refractivity contribution >= 4 is 21.8 Å². The van der Waals surface area contributed by atoms with Crippen LogP contribution in [0.3, 0.4) is 0 Å². The summed E-state index contributed by atoms with van der Waals surface area (Å²) in [4.78, 5) is 25.9. The Morgan fingerprint density at radius 2 is 1.81 bits per heavy atom. The van der Waals surface area contributed by atoms with Crippen LogP contribution in [0, 0.1) is 0 Å². The Morgan fingerprint density at radius 3 is 2.44 bits per heavy atom. The van der Waals surface area contributed by atoms with Gasteiger partial charge in [-0.25, -0.2) is 13.1 Å². The third-order valence-corrected chi connectivity index (χ3v) is 6.17. The lowest BCUT2D eigenvalue weighted by atomic mass is 10.1. The van der Waals surface area contributed by atoms with Crippen molar-refractivity contribution in [1.82, 2.24) is 14.9 Å². The largest absolute Gasteiger partial charge is 0.355 e. The van der Waals surface area contributed by atoms with Crippen LogP contribution in [-0.4, -0.2) is 56.6 Å². The Hall–Kier alpha value is -1.93. The summed E-state index contributed by atoms with van der Waals surface area (Å²) in [7, 11) is -3.22. The van der Waals surface area contributed by atoms with Gasteiger partial charge in [0.2, 0.25) is 21.8 Å². The fourth-order valence-electron chi connectivity index (χ4n) is 3.14. The molecule has 1 saturated heterocycles. The predicted molar refractivity (Wildman–Crippen MR) is 105 cm³/mol. The molecule has 1 aromatic carbocycles. The van der Waals surface area contributed by atoms with Gasteiger partial charge in [0.1, 0.15) is 0 Å². The molecule has 0 bridgehead atoms.